The van der Waals surface area contributed by atoms with E-state index in [2.05, 4.69) is 10.6 Å². The van der Waals surface area contributed by atoms with Crippen LogP contribution in [0.25, 0.3) is 0 Å². The molecule has 20 heavy (non-hydrogen) atoms. The van der Waals surface area contributed by atoms with E-state index in [0.29, 0.717) is 13.1 Å². The smallest absolute Gasteiger partial charge is 0.321 e. The summed E-state index contributed by atoms with van der Waals surface area (Å²) in [6.07, 6.45) is 2.44. The summed E-state index contributed by atoms with van der Waals surface area (Å²) >= 11 is 0. The zero-order valence-corrected chi connectivity index (χ0v) is 12.1. The largest absolute Gasteiger partial charge is 0.469 e. The van der Waals surface area contributed by atoms with Crippen LogP contribution in [-0.2, 0) is 14.3 Å². The highest BCUT2D eigenvalue weighted by molar-refractivity contribution is 5.95. The summed E-state index contributed by atoms with van der Waals surface area (Å²) in [5.74, 6) is -0.782. The number of esters is 1. The highest BCUT2D eigenvalue weighted by atomic mass is 16.5. The Labute approximate surface area is 119 Å². The van der Waals surface area contributed by atoms with Gasteiger partial charge in [0.1, 0.15) is 0 Å². The minimum Gasteiger partial charge on any atom is -0.469 e. The van der Waals surface area contributed by atoms with Crippen LogP contribution in [0.15, 0.2) is 0 Å². The third kappa shape index (κ3) is 5.56. The van der Waals surface area contributed by atoms with Crippen LogP contribution in [0.1, 0.15) is 26.2 Å². The summed E-state index contributed by atoms with van der Waals surface area (Å²) in [6, 6.07) is -0.474. The van der Waals surface area contributed by atoms with Crippen molar-refractivity contribution in [3.05, 3.63) is 0 Å². The maximum Gasteiger partial charge on any atom is 0.321 e. The highest BCUT2D eigenvalue weighted by Gasteiger charge is 2.27. The number of hydrogen-bond acceptors (Lipinski definition) is 5. The van der Waals surface area contributed by atoms with Gasteiger partial charge in [-0.1, -0.05) is 6.92 Å². The summed E-state index contributed by atoms with van der Waals surface area (Å²) in [5.41, 5.74) is 0. The Morgan fingerprint density at radius 1 is 1.35 bits per heavy atom. The van der Waals surface area contributed by atoms with Gasteiger partial charge in [0, 0.05) is 13.1 Å². The van der Waals surface area contributed by atoms with Gasteiger partial charge in [-0.3, -0.25) is 19.8 Å². The number of methoxy groups -OCH3 is 1. The first-order valence-electron chi connectivity index (χ1n) is 6.94. The van der Waals surface area contributed by atoms with Gasteiger partial charge < -0.3 is 10.1 Å². The van der Waals surface area contributed by atoms with E-state index in [1.165, 1.54) is 7.11 Å². The van der Waals surface area contributed by atoms with Crippen molar-refractivity contribution in [3.63, 3.8) is 0 Å². The van der Waals surface area contributed by atoms with E-state index >= 15 is 0 Å². The molecular formula is C13H23N3O4. The number of ether oxygens (including phenoxy) is 1. The molecule has 3 amide bonds. The molecule has 1 atom stereocenters. The molecule has 1 heterocycles. The lowest BCUT2D eigenvalue weighted by Gasteiger charge is -2.30. The van der Waals surface area contributed by atoms with Gasteiger partial charge in [0.25, 0.3) is 0 Å². The maximum absolute atomic E-state index is 11.7. The molecule has 0 aromatic carbocycles. The molecule has 1 saturated heterocycles. The number of carbonyl (C=O) groups excluding carboxylic acids is 3. The molecule has 0 bridgehead atoms. The van der Waals surface area contributed by atoms with Crippen molar-refractivity contribution < 1.29 is 19.1 Å². The fourth-order valence-corrected chi connectivity index (χ4v) is 2.21. The van der Waals surface area contributed by atoms with Gasteiger partial charge in [-0.15, -0.1) is 0 Å². The number of likely N-dealkylation sites (tertiary alicyclic amines) is 1. The summed E-state index contributed by atoms with van der Waals surface area (Å²) in [5, 5.41) is 4.85. The standard InChI is InChI=1S/C13H23N3O4/c1-3-6-14-13(19)15-11(17)9-16-7-4-5-10(8-16)12(18)20-2/h10H,3-9H2,1-2H3,(H2,14,15,17,19)/t10-/m0/s1. The maximum atomic E-state index is 11.7. The Balaban J connectivity index is 2.34. The van der Waals surface area contributed by atoms with Crippen molar-refractivity contribution in [3.8, 4) is 0 Å². The number of urea groups is 1. The van der Waals surface area contributed by atoms with E-state index < -0.39 is 6.03 Å². The predicted octanol–water partition coefficient (Wildman–Crippen LogP) is 0.107. The molecule has 1 aliphatic heterocycles. The van der Waals surface area contributed by atoms with Gasteiger partial charge >= 0.3 is 12.0 Å². The zero-order valence-electron chi connectivity index (χ0n) is 12.1. The van der Waals surface area contributed by atoms with Crippen LogP contribution in [0.5, 0.6) is 0 Å². The van der Waals surface area contributed by atoms with Gasteiger partial charge in [-0.25, -0.2) is 4.79 Å². The number of carbonyl (C=O) groups is 3. The minimum absolute atomic E-state index is 0.118. The molecule has 0 spiro atoms. The Morgan fingerprint density at radius 2 is 2.10 bits per heavy atom. The number of nitrogens with zero attached hydrogens (tertiary/aromatic N) is 1. The molecule has 1 fully saturated rings. The summed E-state index contributed by atoms with van der Waals surface area (Å²) in [7, 11) is 1.37. The number of amides is 3. The molecular weight excluding hydrogens is 262 g/mol. The van der Waals surface area contributed by atoms with Gasteiger partial charge in [-0.05, 0) is 25.8 Å². The second-order valence-electron chi connectivity index (χ2n) is 4.90. The molecule has 1 rings (SSSR count). The van der Waals surface area contributed by atoms with Crippen LogP contribution in [0.3, 0.4) is 0 Å². The number of nitrogens with one attached hydrogen (secondary N) is 2. The topological polar surface area (TPSA) is 87.7 Å². The Morgan fingerprint density at radius 3 is 2.75 bits per heavy atom. The van der Waals surface area contributed by atoms with Crippen LogP contribution < -0.4 is 10.6 Å². The lowest BCUT2D eigenvalue weighted by atomic mass is 9.98. The van der Waals surface area contributed by atoms with Crippen molar-refractivity contribution >= 4 is 17.9 Å². The molecule has 0 aliphatic carbocycles. The molecule has 0 saturated carbocycles. The van der Waals surface area contributed by atoms with E-state index in [-0.39, 0.29) is 24.3 Å². The van der Waals surface area contributed by atoms with Crippen LogP contribution in [0, 0.1) is 5.92 Å². The third-order valence-corrected chi connectivity index (χ3v) is 3.20. The first-order valence-corrected chi connectivity index (χ1v) is 6.94. The second kappa shape index (κ2) is 8.52. The molecule has 7 nitrogen and oxygen atoms in total. The normalized spacial score (nSPS) is 19.2. The Hall–Kier alpha value is -1.63. The zero-order chi connectivity index (χ0) is 15.0. The molecule has 1 aliphatic rings. The lowest BCUT2D eigenvalue weighted by molar-refractivity contribution is -0.147. The molecule has 0 radical (unpaired) electrons. The van der Waals surface area contributed by atoms with Crippen LogP contribution >= 0.6 is 0 Å². The van der Waals surface area contributed by atoms with E-state index in [9.17, 15) is 14.4 Å². The van der Waals surface area contributed by atoms with E-state index in [4.69, 9.17) is 4.74 Å². The molecule has 114 valence electrons. The summed E-state index contributed by atoms with van der Waals surface area (Å²) in [6.45, 7) is 3.83. The van der Waals surface area contributed by atoms with Gasteiger partial charge in [-0.2, -0.15) is 0 Å². The van der Waals surface area contributed by atoms with Crippen molar-refractivity contribution in [1.29, 1.82) is 0 Å². The van der Waals surface area contributed by atoms with E-state index in [1.54, 1.807) is 0 Å². The molecule has 0 unspecified atom stereocenters. The van der Waals surface area contributed by atoms with E-state index in [1.807, 2.05) is 11.8 Å². The summed E-state index contributed by atoms with van der Waals surface area (Å²) < 4.78 is 4.72. The number of hydrogen-bond donors (Lipinski definition) is 2. The van der Waals surface area contributed by atoms with Crippen molar-refractivity contribution in [1.82, 2.24) is 15.5 Å². The number of piperidine rings is 1. The molecule has 0 aromatic rings. The second-order valence-corrected chi connectivity index (χ2v) is 4.90. The highest BCUT2D eigenvalue weighted by Crippen LogP contribution is 2.17. The van der Waals surface area contributed by atoms with E-state index in [0.717, 1.165) is 25.8 Å². The predicted molar refractivity (Wildman–Crippen MR) is 73.0 cm³/mol. The number of rotatable bonds is 5. The fourth-order valence-electron chi connectivity index (χ4n) is 2.21. The quantitative estimate of drug-likeness (QED) is 0.700. The minimum atomic E-state index is -0.474. The van der Waals surface area contributed by atoms with Crippen LogP contribution in [0.4, 0.5) is 4.79 Å². The van der Waals surface area contributed by atoms with Crippen molar-refractivity contribution in [2.75, 3.05) is 33.3 Å². The summed E-state index contributed by atoms with van der Waals surface area (Å²) in [4.78, 5) is 36.4. The van der Waals surface area contributed by atoms with Crippen LogP contribution in [-0.4, -0.2) is 56.1 Å². The monoisotopic (exact) mass is 285 g/mol. The lowest BCUT2D eigenvalue weighted by Crippen LogP contribution is -2.47. The first kappa shape index (κ1) is 16.4. The van der Waals surface area contributed by atoms with Crippen LogP contribution in [0.2, 0.25) is 0 Å². The molecule has 7 heteroatoms. The average Bonchev–Trinajstić information content (AvgIpc) is 2.44. The average molecular weight is 285 g/mol. The molecule has 2 N–H and O–H groups in total. The fraction of sp³-hybridized carbons (Fsp3) is 0.769. The van der Waals surface area contributed by atoms with Gasteiger partial charge in [0.2, 0.25) is 5.91 Å². The first-order chi connectivity index (χ1) is 9.56. The van der Waals surface area contributed by atoms with Gasteiger partial charge in [0.05, 0.1) is 19.6 Å². The van der Waals surface area contributed by atoms with Gasteiger partial charge in [0.15, 0.2) is 0 Å². The molecule has 0 aromatic heterocycles. The Kier molecular flexibility index (Phi) is 7.00. The third-order valence-electron chi connectivity index (χ3n) is 3.20. The SMILES string of the molecule is CCCNC(=O)NC(=O)CN1CCC[C@H](C(=O)OC)C1. The van der Waals surface area contributed by atoms with Crippen molar-refractivity contribution in [2.45, 2.75) is 26.2 Å². The van der Waals surface area contributed by atoms with Crippen molar-refractivity contribution in [2.24, 2.45) is 5.92 Å². The Bertz CT molecular complexity index is 360. The number of imide groups is 1.